The summed E-state index contributed by atoms with van der Waals surface area (Å²) in [7, 11) is 4.60. The second kappa shape index (κ2) is 13.4. The van der Waals surface area contributed by atoms with Gasteiger partial charge in [0.1, 0.15) is 5.75 Å². The van der Waals surface area contributed by atoms with E-state index < -0.39 is 12.1 Å². The van der Waals surface area contributed by atoms with Crippen LogP contribution in [0.1, 0.15) is 50.3 Å². The summed E-state index contributed by atoms with van der Waals surface area (Å²) >= 11 is 0. The molecule has 0 aliphatic heterocycles. The fourth-order valence-corrected chi connectivity index (χ4v) is 4.67. The Morgan fingerprint density at radius 1 is 0.977 bits per heavy atom. The van der Waals surface area contributed by atoms with Crippen LogP contribution in [-0.2, 0) is 9.53 Å². The Morgan fingerprint density at radius 2 is 1.63 bits per heavy atom. The third kappa shape index (κ3) is 6.48. The van der Waals surface area contributed by atoms with E-state index in [1.165, 1.54) is 25.1 Å². The lowest BCUT2D eigenvalue weighted by Gasteiger charge is -2.19. The molecule has 0 spiro atoms. The van der Waals surface area contributed by atoms with Crippen LogP contribution in [0.2, 0.25) is 0 Å². The van der Waals surface area contributed by atoms with E-state index in [0.29, 0.717) is 33.8 Å². The van der Waals surface area contributed by atoms with Gasteiger partial charge < -0.3 is 23.7 Å². The predicted octanol–water partition coefficient (Wildman–Crippen LogP) is 5.73. The van der Waals surface area contributed by atoms with E-state index in [0.717, 1.165) is 22.4 Å². The summed E-state index contributed by atoms with van der Waals surface area (Å²) in [5.41, 5.74) is 3.44. The molecule has 0 aliphatic rings. The Balaban J connectivity index is 1.87. The number of aryl methyl sites for hydroxylation is 1. The Bertz CT molecular complexity index is 1700. The zero-order chi connectivity index (χ0) is 31.3. The molecule has 4 rings (SSSR count). The Labute approximate surface area is 250 Å². The topological polar surface area (TPSA) is 110 Å². The maximum Gasteiger partial charge on any atom is 0.347 e. The lowest BCUT2D eigenvalue weighted by Crippen LogP contribution is -2.26. The predicted molar refractivity (Wildman–Crippen MR) is 166 cm³/mol. The fourth-order valence-electron chi connectivity index (χ4n) is 4.67. The van der Waals surface area contributed by atoms with Crippen molar-refractivity contribution in [3.63, 3.8) is 0 Å². The average molecular weight is 588 g/mol. The van der Waals surface area contributed by atoms with Crippen molar-refractivity contribution in [3.05, 3.63) is 75.6 Å². The number of fused-ring (bicyclic) bond motifs is 1. The van der Waals surface area contributed by atoms with Crippen LogP contribution >= 0.6 is 0 Å². The van der Waals surface area contributed by atoms with Crippen LogP contribution in [0.4, 0.5) is 0 Å². The van der Waals surface area contributed by atoms with Crippen molar-refractivity contribution in [2.75, 3.05) is 27.9 Å². The molecule has 226 valence electrons. The molecule has 0 amide bonds. The maximum atomic E-state index is 13.8. The molecule has 0 bridgehead atoms. The van der Waals surface area contributed by atoms with E-state index >= 15 is 0 Å². The van der Waals surface area contributed by atoms with Gasteiger partial charge >= 0.3 is 5.97 Å². The molecule has 4 aromatic rings. The van der Waals surface area contributed by atoms with Gasteiger partial charge in [0.25, 0.3) is 5.56 Å². The summed E-state index contributed by atoms with van der Waals surface area (Å²) in [6.45, 7) is 9.65. The molecule has 1 aromatic heterocycles. The highest BCUT2D eigenvalue weighted by molar-refractivity contribution is 5.84. The van der Waals surface area contributed by atoms with Gasteiger partial charge in [0.05, 0.1) is 45.1 Å². The van der Waals surface area contributed by atoms with Gasteiger partial charge in [0, 0.05) is 11.1 Å². The van der Waals surface area contributed by atoms with E-state index in [2.05, 4.69) is 18.9 Å². The SMILES string of the molecule is CCOC(=O)[C@@H](C)Oc1c(OC)cc(C=Nn2c(-c3cc(C(C)C)c(OC)cc3C)nc3ccccc3c2=O)cc1OC. The van der Waals surface area contributed by atoms with Crippen LogP contribution < -0.4 is 24.5 Å². The third-order valence-corrected chi connectivity index (χ3v) is 6.91. The van der Waals surface area contributed by atoms with Gasteiger partial charge in [-0.25, -0.2) is 9.78 Å². The summed E-state index contributed by atoms with van der Waals surface area (Å²) in [5, 5.41) is 5.05. The molecular formula is C33H37N3O7. The minimum atomic E-state index is -0.893. The number of rotatable bonds is 11. The number of carbonyl (C=O) groups excluding carboxylic acids is 1. The second-order valence-electron chi connectivity index (χ2n) is 10.1. The van der Waals surface area contributed by atoms with Crippen molar-refractivity contribution in [1.29, 1.82) is 0 Å². The number of methoxy groups -OCH3 is 3. The van der Waals surface area contributed by atoms with Crippen LogP contribution in [0, 0.1) is 6.92 Å². The lowest BCUT2D eigenvalue weighted by atomic mass is 9.96. The standard InChI is InChI=1S/C33H37N3O7/c1-9-42-33(38)21(5)43-30-28(40-7)15-22(16-29(30)41-8)18-34-36-31(35-26-13-11-10-12-23(26)32(36)37)25-17-24(19(2)3)27(39-6)14-20(25)4/h10-19,21H,9H2,1-8H3/t21-/m1/s1. The van der Waals surface area contributed by atoms with E-state index in [1.807, 2.05) is 31.2 Å². The van der Waals surface area contributed by atoms with Crippen LogP contribution in [0.15, 0.2) is 58.4 Å². The fraction of sp³-hybridized carbons (Fsp3) is 0.333. The molecule has 10 nitrogen and oxygen atoms in total. The van der Waals surface area contributed by atoms with E-state index in [4.69, 9.17) is 28.7 Å². The van der Waals surface area contributed by atoms with E-state index in [-0.39, 0.29) is 23.8 Å². The van der Waals surface area contributed by atoms with Crippen molar-refractivity contribution in [2.45, 2.75) is 46.6 Å². The average Bonchev–Trinajstić information content (AvgIpc) is 3.00. The molecule has 0 saturated heterocycles. The normalized spacial score (nSPS) is 12.0. The first-order chi connectivity index (χ1) is 20.6. The Morgan fingerprint density at radius 3 is 2.23 bits per heavy atom. The Kier molecular flexibility index (Phi) is 9.70. The summed E-state index contributed by atoms with van der Waals surface area (Å²) < 4.78 is 29.0. The number of para-hydroxylation sites is 1. The number of nitrogens with zero attached hydrogens (tertiary/aromatic N) is 3. The molecule has 0 aliphatic carbocycles. The molecular weight excluding hydrogens is 550 g/mol. The van der Waals surface area contributed by atoms with Crippen molar-refractivity contribution in [2.24, 2.45) is 5.10 Å². The molecule has 0 saturated carbocycles. The largest absolute Gasteiger partial charge is 0.496 e. The van der Waals surface area contributed by atoms with Crippen LogP contribution in [-0.4, -0.2) is 55.9 Å². The van der Waals surface area contributed by atoms with Crippen LogP contribution in [0.25, 0.3) is 22.3 Å². The van der Waals surface area contributed by atoms with Crippen LogP contribution in [0.3, 0.4) is 0 Å². The smallest absolute Gasteiger partial charge is 0.347 e. The third-order valence-electron chi connectivity index (χ3n) is 6.91. The highest BCUT2D eigenvalue weighted by atomic mass is 16.6. The quantitative estimate of drug-likeness (QED) is 0.162. The highest BCUT2D eigenvalue weighted by Crippen LogP contribution is 2.39. The van der Waals surface area contributed by atoms with Gasteiger partial charge in [-0.05, 0) is 74.2 Å². The number of hydrogen-bond acceptors (Lipinski definition) is 9. The molecule has 1 heterocycles. The minimum Gasteiger partial charge on any atom is -0.496 e. The summed E-state index contributed by atoms with van der Waals surface area (Å²) in [4.78, 5) is 30.9. The van der Waals surface area contributed by atoms with Gasteiger partial charge in [-0.2, -0.15) is 9.78 Å². The number of carbonyl (C=O) groups is 1. The minimum absolute atomic E-state index is 0.172. The number of esters is 1. The molecule has 0 fully saturated rings. The molecule has 10 heteroatoms. The lowest BCUT2D eigenvalue weighted by molar-refractivity contribution is -0.150. The molecule has 1 atom stereocenters. The van der Waals surface area contributed by atoms with Gasteiger partial charge in [-0.3, -0.25) is 4.79 Å². The van der Waals surface area contributed by atoms with Crippen molar-refractivity contribution in [1.82, 2.24) is 9.66 Å². The first-order valence-corrected chi connectivity index (χ1v) is 14.0. The summed E-state index contributed by atoms with van der Waals surface area (Å²) in [6, 6.07) is 14.5. The van der Waals surface area contributed by atoms with Gasteiger partial charge in [0.2, 0.25) is 5.75 Å². The first kappa shape index (κ1) is 31.1. The summed E-state index contributed by atoms with van der Waals surface area (Å²) in [6.07, 6.45) is 0.628. The maximum absolute atomic E-state index is 13.8. The van der Waals surface area contributed by atoms with Crippen molar-refractivity contribution in [3.8, 4) is 34.4 Å². The highest BCUT2D eigenvalue weighted by Gasteiger charge is 2.22. The zero-order valence-corrected chi connectivity index (χ0v) is 25.8. The van der Waals surface area contributed by atoms with Crippen molar-refractivity contribution < 1.29 is 28.5 Å². The summed E-state index contributed by atoms with van der Waals surface area (Å²) in [5.74, 6) is 1.69. The van der Waals surface area contributed by atoms with Gasteiger partial charge in [-0.15, -0.1) is 0 Å². The molecule has 0 N–H and O–H groups in total. The first-order valence-electron chi connectivity index (χ1n) is 14.0. The second-order valence-corrected chi connectivity index (χ2v) is 10.1. The van der Waals surface area contributed by atoms with E-state index in [1.54, 1.807) is 45.2 Å². The van der Waals surface area contributed by atoms with Gasteiger partial charge in [-0.1, -0.05) is 26.0 Å². The number of aromatic nitrogens is 2. The molecule has 0 unspecified atom stereocenters. The van der Waals surface area contributed by atoms with Crippen molar-refractivity contribution >= 4 is 23.1 Å². The number of benzene rings is 3. The number of ether oxygens (including phenoxy) is 5. The van der Waals surface area contributed by atoms with Crippen LogP contribution in [0.5, 0.6) is 23.0 Å². The zero-order valence-electron chi connectivity index (χ0n) is 25.8. The van der Waals surface area contributed by atoms with E-state index in [9.17, 15) is 9.59 Å². The molecule has 3 aromatic carbocycles. The molecule has 0 radical (unpaired) electrons. The monoisotopic (exact) mass is 587 g/mol. The Hall–Kier alpha value is -4.86. The van der Waals surface area contributed by atoms with Gasteiger partial charge in [0.15, 0.2) is 23.4 Å². The number of hydrogen-bond donors (Lipinski definition) is 0. The molecule has 43 heavy (non-hydrogen) atoms.